The number of hydrogen-bond donors (Lipinski definition) is 0. The summed E-state index contributed by atoms with van der Waals surface area (Å²) >= 11 is 0. The van der Waals surface area contributed by atoms with Crippen LogP contribution in [0.25, 0.3) is 0 Å². The molecule has 0 aromatic carbocycles. The van der Waals surface area contributed by atoms with Crippen LogP contribution in [0.3, 0.4) is 0 Å². The zero-order valence-corrected chi connectivity index (χ0v) is 5.18. The third kappa shape index (κ3) is 29.1. The molecular formula is C3H7NO2P+. The molecule has 4 heteroatoms. The van der Waals surface area contributed by atoms with E-state index in [1.165, 1.54) is 13.8 Å². The van der Waals surface area contributed by atoms with E-state index in [0.717, 1.165) is 0 Å². The molecule has 0 aliphatic rings. The largest absolute Gasteiger partial charge is 0.504 e. The van der Waals surface area contributed by atoms with Gasteiger partial charge in [-0.1, -0.05) is 0 Å². The fourth-order valence-corrected chi connectivity index (χ4v) is 0. The van der Waals surface area contributed by atoms with Crippen molar-refractivity contribution < 1.29 is 9.09 Å². The van der Waals surface area contributed by atoms with Crippen molar-refractivity contribution >= 4 is 8.03 Å². The zero-order valence-electron chi connectivity index (χ0n) is 4.29. The molecule has 0 rings (SSSR count). The van der Waals surface area contributed by atoms with Crippen molar-refractivity contribution in [3.05, 3.63) is 0 Å². The van der Waals surface area contributed by atoms with Crippen LogP contribution in [0.4, 0.5) is 0 Å². The summed E-state index contributed by atoms with van der Waals surface area (Å²) in [5.41, 5.74) is 0. The highest BCUT2D eigenvalue weighted by Crippen LogP contribution is 2.10. The van der Waals surface area contributed by atoms with E-state index in [1.54, 1.807) is 0 Å². The lowest BCUT2D eigenvalue weighted by Gasteiger charge is -1.58. The van der Waals surface area contributed by atoms with Gasteiger partial charge in [-0.3, -0.25) is 0 Å². The average Bonchev–Trinajstić information content (AvgIpc) is 1.73. The Morgan fingerprint density at radius 1 is 1.71 bits per heavy atom. The van der Waals surface area contributed by atoms with Gasteiger partial charge in [0.1, 0.15) is 0 Å². The first-order valence-corrected chi connectivity index (χ1v) is 3.10. The lowest BCUT2D eigenvalue weighted by atomic mass is 11.8. The summed E-state index contributed by atoms with van der Waals surface area (Å²) < 4.78 is 14.0. The minimum absolute atomic E-state index is 1.35. The minimum atomic E-state index is -1.35. The van der Waals surface area contributed by atoms with Gasteiger partial charge >= 0.3 is 8.03 Å². The minimum Gasteiger partial charge on any atom is -0.202 e. The third-order valence-electron chi connectivity index (χ3n) is 0.257. The average molecular weight is 120 g/mol. The molecule has 0 saturated heterocycles. The Labute approximate surface area is 43.8 Å². The Bertz CT molecular complexity index is 70.6. The predicted molar refractivity (Wildman–Crippen MR) is 27.2 cm³/mol. The van der Waals surface area contributed by atoms with Crippen LogP contribution in [-0.2, 0) is 9.09 Å². The van der Waals surface area contributed by atoms with Crippen molar-refractivity contribution in [2.24, 2.45) is 0 Å². The Hall–Kier alpha value is -0.450. The van der Waals surface area contributed by atoms with Gasteiger partial charge in [-0.25, -0.2) is 5.26 Å². The highest BCUT2D eigenvalue weighted by atomic mass is 31.1. The second-order valence-corrected chi connectivity index (χ2v) is 1.87. The molecule has 0 heterocycles. The molecule has 3 nitrogen and oxygen atoms in total. The molecule has 0 amide bonds. The van der Waals surface area contributed by atoms with Crippen LogP contribution in [0, 0.1) is 11.8 Å². The van der Waals surface area contributed by atoms with Gasteiger partial charge in [0.2, 0.25) is 0 Å². The number of rotatable bonds is 1. The zero-order chi connectivity index (χ0) is 6.28. The highest BCUT2D eigenvalue weighted by Gasteiger charge is 1.96. The van der Waals surface area contributed by atoms with Gasteiger partial charge in [-0.15, -0.1) is 4.52 Å². The number of nitriles is 1. The van der Waals surface area contributed by atoms with Gasteiger partial charge in [0.25, 0.3) is 0 Å². The van der Waals surface area contributed by atoms with E-state index in [2.05, 4.69) is 11.1 Å². The smallest absolute Gasteiger partial charge is 0.202 e. The van der Waals surface area contributed by atoms with E-state index >= 15 is 0 Å². The quantitative estimate of drug-likeness (QED) is 0.487. The molecule has 0 spiro atoms. The summed E-state index contributed by atoms with van der Waals surface area (Å²) in [5.74, 6) is 0. The van der Waals surface area contributed by atoms with E-state index < -0.39 is 8.03 Å². The second kappa shape index (κ2) is 9.12. The fraction of sp³-hybridized carbons (Fsp3) is 0.667. The summed E-state index contributed by atoms with van der Waals surface area (Å²) in [6.45, 7) is 5.01. The van der Waals surface area contributed by atoms with E-state index in [4.69, 9.17) is 5.26 Å². The Balaban J connectivity index is 0. The molecule has 0 aromatic heterocycles. The molecule has 7 heavy (non-hydrogen) atoms. The van der Waals surface area contributed by atoms with Gasteiger partial charge in [0.05, 0.1) is 7.11 Å². The molecule has 0 fully saturated rings. The normalized spacial score (nSPS) is 8.29. The molecule has 0 bridgehead atoms. The molecule has 1 unspecified atom stereocenters. The Morgan fingerprint density at radius 2 is 1.86 bits per heavy atom. The van der Waals surface area contributed by atoms with Gasteiger partial charge in [0, 0.05) is 6.57 Å². The molecule has 0 radical (unpaired) electrons. The SMILES string of the molecule is C#N.CO[P+](C)=O. The Kier molecular flexibility index (Phi) is 12.7. The Morgan fingerprint density at radius 3 is 1.86 bits per heavy atom. The summed E-state index contributed by atoms with van der Waals surface area (Å²) in [6, 6.07) is 0. The highest BCUT2D eigenvalue weighted by molar-refractivity contribution is 7.38. The van der Waals surface area contributed by atoms with Gasteiger partial charge < -0.3 is 0 Å². The van der Waals surface area contributed by atoms with Gasteiger partial charge in [-0.2, -0.15) is 0 Å². The van der Waals surface area contributed by atoms with Crippen LogP contribution in [0.15, 0.2) is 0 Å². The van der Waals surface area contributed by atoms with Crippen LogP contribution >= 0.6 is 8.03 Å². The van der Waals surface area contributed by atoms with Gasteiger partial charge in [-0.05, 0) is 4.57 Å². The molecule has 0 N–H and O–H groups in total. The van der Waals surface area contributed by atoms with Crippen molar-refractivity contribution in [1.82, 2.24) is 0 Å². The van der Waals surface area contributed by atoms with Crippen LogP contribution in [0.5, 0.6) is 0 Å². The monoisotopic (exact) mass is 120 g/mol. The first-order valence-electron chi connectivity index (χ1n) is 1.48. The summed E-state index contributed by atoms with van der Waals surface area (Å²) in [6.07, 6.45) is 0. The fourth-order valence-electron chi connectivity index (χ4n) is 0. The topological polar surface area (TPSA) is 50.1 Å². The van der Waals surface area contributed by atoms with E-state index in [0.29, 0.717) is 0 Å². The number of nitrogens with zero attached hydrogens (tertiary/aromatic N) is 1. The lowest BCUT2D eigenvalue weighted by molar-refractivity contribution is 0.419. The van der Waals surface area contributed by atoms with Crippen LogP contribution in [0.2, 0.25) is 0 Å². The van der Waals surface area contributed by atoms with Crippen molar-refractivity contribution in [1.29, 1.82) is 5.26 Å². The molecule has 0 aliphatic carbocycles. The third-order valence-corrected chi connectivity index (χ3v) is 0.771. The maximum Gasteiger partial charge on any atom is 0.504 e. The molecule has 40 valence electrons. The van der Waals surface area contributed by atoms with Gasteiger partial charge in [0.15, 0.2) is 6.66 Å². The van der Waals surface area contributed by atoms with E-state index in [1.807, 2.05) is 0 Å². The van der Waals surface area contributed by atoms with Crippen molar-refractivity contribution in [2.45, 2.75) is 0 Å². The standard InChI is InChI=1S/C2H6O2P.CHN/c1-4-5(2)3;1-2/h1-2H3;1H/q+1;. The first-order chi connectivity index (χ1) is 3.27. The van der Waals surface area contributed by atoms with E-state index in [-0.39, 0.29) is 0 Å². The molecular weight excluding hydrogens is 113 g/mol. The maximum absolute atomic E-state index is 9.74. The van der Waals surface area contributed by atoms with Crippen LogP contribution in [0.1, 0.15) is 0 Å². The summed E-state index contributed by atoms with van der Waals surface area (Å²) in [5, 5.41) is 6.50. The van der Waals surface area contributed by atoms with Crippen molar-refractivity contribution in [3.63, 3.8) is 0 Å². The molecule has 1 atom stereocenters. The summed E-state index contributed by atoms with van der Waals surface area (Å²) in [4.78, 5) is 0. The molecule has 0 aliphatic heterocycles. The predicted octanol–water partition coefficient (Wildman–Crippen LogP) is 1.14. The molecule has 0 aromatic rings. The van der Waals surface area contributed by atoms with Crippen LogP contribution in [-0.4, -0.2) is 13.8 Å². The second-order valence-electron chi connectivity index (χ2n) is 0.622. The summed E-state index contributed by atoms with van der Waals surface area (Å²) in [7, 11) is 0.0671. The van der Waals surface area contributed by atoms with Crippen molar-refractivity contribution in [3.8, 4) is 6.57 Å². The molecule has 0 saturated carbocycles. The number of hydrogen-bond acceptors (Lipinski definition) is 3. The maximum atomic E-state index is 9.74. The van der Waals surface area contributed by atoms with Crippen LogP contribution < -0.4 is 0 Å². The lowest BCUT2D eigenvalue weighted by Crippen LogP contribution is -1.56. The first kappa shape index (κ1) is 9.75. The van der Waals surface area contributed by atoms with Crippen molar-refractivity contribution in [2.75, 3.05) is 13.8 Å². The van der Waals surface area contributed by atoms with E-state index in [9.17, 15) is 4.57 Å².